The van der Waals surface area contributed by atoms with Gasteiger partial charge in [-0.1, -0.05) is 0 Å². The molecule has 0 aromatic carbocycles. The number of carbonyl (C=O) groups excluding carboxylic acids is 1. The van der Waals surface area contributed by atoms with Gasteiger partial charge in [0.25, 0.3) is 5.91 Å². The molecule has 1 aromatic rings. The van der Waals surface area contributed by atoms with Crippen LogP contribution in [0.2, 0.25) is 0 Å². The average Bonchev–Trinajstić information content (AvgIpc) is 3.19. The van der Waals surface area contributed by atoms with Crippen LogP contribution in [-0.4, -0.2) is 34.2 Å². The predicted octanol–water partition coefficient (Wildman–Crippen LogP) is 0.309. The van der Waals surface area contributed by atoms with Gasteiger partial charge in [0, 0.05) is 17.2 Å². The molecule has 0 atom stereocenters. The third-order valence-electron chi connectivity index (χ3n) is 2.87. The molecule has 7 nitrogen and oxygen atoms in total. The summed E-state index contributed by atoms with van der Waals surface area (Å²) in [5, 5.41) is 18.9. The Labute approximate surface area is 109 Å². The van der Waals surface area contributed by atoms with E-state index in [1.807, 2.05) is 0 Å². The molecule has 1 saturated carbocycles. The second-order valence-electron chi connectivity index (χ2n) is 4.42. The molecule has 0 radical (unpaired) electrons. The van der Waals surface area contributed by atoms with E-state index < -0.39 is 11.9 Å². The van der Waals surface area contributed by atoms with Crippen molar-refractivity contribution in [3.05, 3.63) is 23.5 Å². The fourth-order valence-electron chi connectivity index (χ4n) is 1.73. The first-order valence-corrected chi connectivity index (χ1v) is 5.83. The van der Waals surface area contributed by atoms with Gasteiger partial charge in [-0.2, -0.15) is 0 Å². The summed E-state index contributed by atoms with van der Waals surface area (Å²) in [4.78, 5) is 25.9. The monoisotopic (exact) mass is 262 g/mol. The van der Waals surface area contributed by atoms with E-state index in [0.717, 1.165) is 18.5 Å². The molecule has 100 valence electrons. The van der Waals surface area contributed by atoms with E-state index in [-0.39, 0.29) is 12.3 Å². The number of carbonyl (C=O) groups is 2. The van der Waals surface area contributed by atoms with Crippen LogP contribution in [0.4, 0.5) is 5.69 Å². The highest BCUT2D eigenvalue weighted by Crippen LogP contribution is 2.39. The van der Waals surface area contributed by atoms with Crippen LogP contribution in [-0.2, 0) is 9.59 Å². The zero-order valence-corrected chi connectivity index (χ0v) is 10.1. The molecule has 1 heterocycles. The summed E-state index contributed by atoms with van der Waals surface area (Å²) in [7, 11) is 0. The maximum atomic E-state index is 11.1. The highest BCUT2D eigenvalue weighted by molar-refractivity contribution is 6.44. The van der Waals surface area contributed by atoms with E-state index >= 15 is 0 Å². The smallest absolute Gasteiger partial charge is 0.322 e. The minimum atomic E-state index is -1.04. The van der Waals surface area contributed by atoms with E-state index in [4.69, 9.17) is 16.2 Å². The van der Waals surface area contributed by atoms with E-state index in [0.29, 0.717) is 17.2 Å². The number of carboxylic acids is 1. The normalized spacial score (nSPS) is 13.9. The van der Waals surface area contributed by atoms with Gasteiger partial charge in [0.2, 0.25) is 0 Å². The van der Waals surface area contributed by atoms with Gasteiger partial charge in [-0.15, -0.1) is 0 Å². The second kappa shape index (κ2) is 5.05. The number of carboxylic acid groups (broad SMARTS) is 1. The van der Waals surface area contributed by atoms with Crippen molar-refractivity contribution in [2.24, 2.45) is 5.73 Å². The quantitative estimate of drug-likeness (QED) is 0.548. The van der Waals surface area contributed by atoms with Crippen LogP contribution in [0.25, 0.3) is 0 Å². The van der Waals surface area contributed by atoms with E-state index in [1.165, 1.54) is 6.20 Å². The van der Waals surface area contributed by atoms with Crippen molar-refractivity contribution in [2.45, 2.75) is 18.8 Å². The molecule has 1 aliphatic rings. The first-order valence-electron chi connectivity index (χ1n) is 5.83. The number of pyridine rings is 1. The van der Waals surface area contributed by atoms with Crippen molar-refractivity contribution in [3.63, 3.8) is 0 Å². The first kappa shape index (κ1) is 13.0. The number of aromatic nitrogens is 1. The summed E-state index contributed by atoms with van der Waals surface area (Å²) in [5.74, 6) is -1.53. The summed E-state index contributed by atoms with van der Waals surface area (Å²) in [6.07, 6.45) is 3.53. The van der Waals surface area contributed by atoms with Crippen LogP contribution >= 0.6 is 0 Å². The summed E-state index contributed by atoms with van der Waals surface area (Å²) in [6, 6.07) is 1.63. The number of hydrogen-bond acceptors (Lipinski definition) is 5. The minimum Gasteiger partial charge on any atom is -0.480 e. The maximum Gasteiger partial charge on any atom is 0.322 e. The van der Waals surface area contributed by atoms with Crippen LogP contribution < -0.4 is 11.1 Å². The van der Waals surface area contributed by atoms with Gasteiger partial charge in [0.05, 0.1) is 11.9 Å². The molecule has 0 aliphatic heterocycles. The Morgan fingerprint density at radius 1 is 1.53 bits per heavy atom. The molecular formula is C12H14N4O3. The Morgan fingerprint density at radius 2 is 2.21 bits per heavy atom. The van der Waals surface area contributed by atoms with Crippen LogP contribution in [0.3, 0.4) is 0 Å². The highest BCUT2D eigenvalue weighted by Gasteiger charge is 2.26. The first-order chi connectivity index (χ1) is 8.99. The van der Waals surface area contributed by atoms with Gasteiger partial charge in [0.1, 0.15) is 12.3 Å². The summed E-state index contributed by atoms with van der Waals surface area (Å²) in [5.41, 5.74) is 6.19. The molecule has 1 aromatic heterocycles. The van der Waals surface area contributed by atoms with E-state index in [9.17, 15) is 9.59 Å². The number of primary amides is 1. The Morgan fingerprint density at radius 3 is 2.74 bits per heavy atom. The van der Waals surface area contributed by atoms with Gasteiger partial charge in [-0.25, -0.2) is 0 Å². The van der Waals surface area contributed by atoms with Crippen molar-refractivity contribution in [2.75, 3.05) is 11.9 Å². The molecular weight excluding hydrogens is 248 g/mol. The number of amides is 1. The van der Waals surface area contributed by atoms with Crippen LogP contribution in [0.15, 0.2) is 12.3 Å². The SMILES string of the molecule is N=C(C(N)=O)c1cc(C2CC2)ncc1NCC(=O)O. The Bertz CT molecular complexity index is 552. The zero-order chi connectivity index (χ0) is 14.0. The van der Waals surface area contributed by atoms with Gasteiger partial charge in [0.15, 0.2) is 0 Å². The van der Waals surface area contributed by atoms with Crippen molar-refractivity contribution < 1.29 is 14.7 Å². The largest absolute Gasteiger partial charge is 0.480 e. The lowest BCUT2D eigenvalue weighted by atomic mass is 10.1. The number of nitrogens with zero attached hydrogens (tertiary/aromatic N) is 1. The number of hydrogen-bond donors (Lipinski definition) is 4. The van der Waals surface area contributed by atoms with Crippen LogP contribution in [0.5, 0.6) is 0 Å². The third kappa shape index (κ3) is 3.06. The molecule has 1 fully saturated rings. The summed E-state index contributed by atoms with van der Waals surface area (Å²) >= 11 is 0. The molecule has 19 heavy (non-hydrogen) atoms. The predicted molar refractivity (Wildman–Crippen MR) is 68.4 cm³/mol. The maximum absolute atomic E-state index is 11.1. The standard InChI is InChI=1S/C12H14N4O3/c13-11(12(14)19)7-3-8(6-1-2-6)15-4-9(7)16-5-10(17)18/h3-4,6,13,16H,1-2,5H2,(H2,14,19)(H,17,18). The zero-order valence-electron chi connectivity index (χ0n) is 10.1. The van der Waals surface area contributed by atoms with Gasteiger partial charge in [-0.05, 0) is 18.9 Å². The van der Waals surface area contributed by atoms with Crippen LogP contribution in [0.1, 0.15) is 30.0 Å². The number of nitrogens with one attached hydrogen (secondary N) is 2. The summed E-state index contributed by atoms with van der Waals surface area (Å²) < 4.78 is 0. The molecule has 2 rings (SSSR count). The third-order valence-corrected chi connectivity index (χ3v) is 2.87. The number of nitrogens with two attached hydrogens (primary N) is 1. The van der Waals surface area contributed by atoms with E-state index in [2.05, 4.69) is 10.3 Å². The fraction of sp³-hybridized carbons (Fsp3) is 0.333. The molecule has 5 N–H and O–H groups in total. The van der Waals surface area contributed by atoms with Gasteiger partial charge in [-0.3, -0.25) is 20.0 Å². The molecule has 1 aliphatic carbocycles. The van der Waals surface area contributed by atoms with Crippen molar-refractivity contribution >= 4 is 23.3 Å². The molecule has 0 unspecified atom stereocenters. The average molecular weight is 262 g/mol. The minimum absolute atomic E-state index is 0.297. The summed E-state index contributed by atoms with van der Waals surface area (Å²) in [6.45, 7) is -0.316. The van der Waals surface area contributed by atoms with Crippen molar-refractivity contribution in [3.8, 4) is 0 Å². The highest BCUT2D eigenvalue weighted by atomic mass is 16.4. The van der Waals surface area contributed by atoms with Crippen LogP contribution in [0, 0.1) is 5.41 Å². The van der Waals surface area contributed by atoms with Crippen molar-refractivity contribution in [1.82, 2.24) is 4.98 Å². The number of aliphatic carboxylic acids is 1. The topological polar surface area (TPSA) is 129 Å². The Hall–Kier alpha value is -2.44. The lowest BCUT2D eigenvalue weighted by molar-refractivity contribution is -0.134. The van der Waals surface area contributed by atoms with Gasteiger partial charge < -0.3 is 16.2 Å². The number of anilines is 1. The molecule has 0 spiro atoms. The molecule has 7 heteroatoms. The molecule has 1 amide bonds. The fourth-order valence-corrected chi connectivity index (χ4v) is 1.73. The van der Waals surface area contributed by atoms with Crippen molar-refractivity contribution in [1.29, 1.82) is 5.41 Å². The Kier molecular flexibility index (Phi) is 3.46. The van der Waals surface area contributed by atoms with Gasteiger partial charge >= 0.3 is 5.97 Å². The lowest BCUT2D eigenvalue weighted by Gasteiger charge is -2.11. The molecule has 0 bridgehead atoms. The Balaban J connectivity index is 2.32. The van der Waals surface area contributed by atoms with E-state index in [1.54, 1.807) is 6.07 Å². The lowest BCUT2D eigenvalue weighted by Crippen LogP contribution is -2.25. The number of rotatable bonds is 6. The second-order valence-corrected chi connectivity index (χ2v) is 4.42. The molecule has 0 saturated heterocycles.